The summed E-state index contributed by atoms with van der Waals surface area (Å²) in [6, 6.07) is 3.94. The summed E-state index contributed by atoms with van der Waals surface area (Å²) in [5.74, 6) is -4.70. The first kappa shape index (κ1) is 10.0. The van der Waals surface area contributed by atoms with Crippen molar-refractivity contribution in [2.75, 3.05) is 5.32 Å². The Hall–Kier alpha value is -2.50. The normalized spacial score (nSPS) is 14.4. The second-order valence-electron chi connectivity index (χ2n) is 3.15. The fraction of sp³-hybridized carbons (Fsp3) is 0. The first-order valence-electron chi connectivity index (χ1n) is 4.28. The molecule has 0 unspecified atom stereocenters. The summed E-state index contributed by atoms with van der Waals surface area (Å²) in [4.78, 5) is 44.4. The third-order valence-electron chi connectivity index (χ3n) is 2.18. The number of hydrogen-bond acceptors (Lipinski definition) is 4. The molecule has 0 aliphatic carbocycles. The number of benzene rings is 1. The van der Waals surface area contributed by atoms with Crippen LogP contribution in [0.2, 0.25) is 0 Å². The third-order valence-corrected chi connectivity index (χ3v) is 2.18. The number of hydrogen-bond donors (Lipinski definition) is 2. The Kier molecular flexibility index (Phi) is 2.05. The van der Waals surface area contributed by atoms with Crippen molar-refractivity contribution in [3.05, 3.63) is 29.3 Å². The molecule has 2 N–H and O–H groups in total. The van der Waals surface area contributed by atoms with E-state index in [-0.39, 0.29) is 16.8 Å². The lowest BCUT2D eigenvalue weighted by Crippen LogP contribution is -2.36. The van der Waals surface area contributed by atoms with Crippen LogP contribution in [0.4, 0.5) is 5.69 Å². The van der Waals surface area contributed by atoms with Gasteiger partial charge in [0.1, 0.15) is 0 Å². The van der Waals surface area contributed by atoms with E-state index in [0.29, 0.717) is 0 Å². The number of fused-ring (bicyclic) bond motifs is 1. The molecule has 0 atom stereocenters. The molecule has 6 nitrogen and oxygen atoms in total. The highest BCUT2D eigenvalue weighted by molar-refractivity contribution is 6.71. The molecular weight excluding hydrogens is 214 g/mol. The van der Waals surface area contributed by atoms with Gasteiger partial charge in [-0.2, -0.15) is 0 Å². The van der Waals surface area contributed by atoms with E-state index in [4.69, 9.17) is 5.11 Å². The van der Waals surface area contributed by atoms with Crippen molar-refractivity contribution < 1.29 is 24.3 Å². The molecule has 1 amide bonds. The highest BCUT2D eigenvalue weighted by atomic mass is 16.4. The molecule has 0 aromatic heterocycles. The van der Waals surface area contributed by atoms with E-state index < -0.39 is 23.4 Å². The molecular formula is C10H5NO5. The fourth-order valence-corrected chi connectivity index (χ4v) is 1.48. The average molecular weight is 219 g/mol. The molecule has 2 rings (SSSR count). The van der Waals surface area contributed by atoms with E-state index in [1.165, 1.54) is 18.2 Å². The van der Waals surface area contributed by atoms with Crippen LogP contribution >= 0.6 is 0 Å². The SMILES string of the molecule is O=C1Nc2cccc(C(=O)O)c2C(=O)C1=O. The summed E-state index contributed by atoms with van der Waals surface area (Å²) < 4.78 is 0. The van der Waals surface area contributed by atoms with Crippen molar-refractivity contribution in [1.29, 1.82) is 0 Å². The van der Waals surface area contributed by atoms with Gasteiger partial charge in [0.25, 0.3) is 11.7 Å². The van der Waals surface area contributed by atoms with E-state index in [1.807, 2.05) is 0 Å². The standard InChI is InChI=1S/C10H5NO5/c12-7-6-4(10(15)16)2-1-3-5(6)11-9(14)8(7)13/h1-3H,(H,11,14)(H,15,16). The van der Waals surface area contributed by atoms with Crippen LogP contribution in [0.5, 0.6) is 0 Å². The number of carbonyl (C=O) groups excluding carboxylic acids is 3. The number of anilines is 1. The number of aromatic carboxylic acids is 1. The van der Waals surface area contributed by atoms with Crippen LogP contribution in [0.25, 0.3) is 0 Å². The van der Waals surface area contributed by atoms with Gasteiger partial charge in [0.2, 0.25) is 5.78 Å². The molecule has 1 aromatic carbocycles. The maximum atomic E-state index is 11.5. The average Bonchev–Trinajstić information content (AvgIpc) is 2.25. The first-order valence-corrected chi connectivity index (χ1v) is 4.28. The molecule has 1 aliphatic heterocycles. The van der Waals surface area contributed by atoms with Crippen molar-refractivity contribution in [3.8, 4) is 0 Å². The number of ketones is 2. The highest BCUT2D eigenvalue weighted by Gasteiger charge is 2.35. The van der Waals surface area contributed by atoms with Gasteiger partial charge in [0, 0.05) is 0 Å². The number of Topliss-reactive ketones (excluding diaryl/α,β-unsaturated/α-hetero) is 2. The summed E-state index contributed by atoms with van der Waals surface area (Å²) in [6.07, 6.45) is 0. The van der Waals surface area contributed by atoms with E-state index in [9.17, 15) is 19.2 Å². The number of amides is 1. The summed E-state index contributed by atoms with van der Waals surface area (Å²) in [7, 11) is 0. The van der Waals surface area contributed by atoms with E-state index in [2.05, 4.69) is 5.32 Å². The molecule has 0 saturated carbocycles. The summed E-state index contributed by atoms with van der Waals surface area (Å²) >= 11 is 0. The topological polar surface area (TPSA) is 101 Å². The van der Waals surface area contributed by atoms with Crippen molar-refractivity contribution >= 4 is 29.1 Å². The van der Waals surface area contributed by atoms with Gasteiger partial charge >= 0.3 is 5.97 Å². The number of nitrogens with one attached hydrogen (secondary N) is 1. The molecule has 80 valence electrons. The second-order valence-corrected chi connectivity index (χ2v) is 3.15. The first-order chi connectivity index (χ1) is 7.52. The summed E-state index contributed by atoms with van der Waals surface area (Å²) in [5, 5.41) is 11.0. The van der Waals surface area contributed by atoms with Gasteiger partial charge in [-0.1, -0.05) is 6.07 Å². The van der Waals surface area contributed by atoms with Gasteiger partial charge < -0.3 is 10.4 Å². The third kappa shape index (κ3) is 1.28. The molecule has 0 radical (unpaired) electrons. The Morgan fingerprint density at radius 3 is 2.44 bits per heavy atom. The summed E-state index contributed by atoms with van der Waals surface area (Å²) in [6.45, 7) is 0. The van der Waals surface area contributed by atoms with Crippen LogP contribution in [-0.2, 0) is 9.59 Å². The zero-order valence-electron chi connectivity index (χ0n) is 7.81. The number of carbonyl (C=O) groups is 4. The maximum Gasteiger partial charge on any atom is 0.336 e. The monoisotopic (exact) mass is 219 g/mol. The largest absolute Gasteiger partial charge is 0.478 e. The zero-order chi connectivity index (χ0) is 11.9. The van der Waals surface area contributed by atoms with Crippen LogP contribution in [0, 0.1) is 0 Å². The predicted molar refractivity (Wildman–Crippen MR) is 51.4 cm³/mol. The number of carboxylic acids is 1. The number of carboxylic acid groups (broad SMARTS) is 1. The lowest BCUT2D eigenvalue weighted by atomic mass is 9.95. The smallest absolute Gasteiger partial charge is 0.336 e. The van der Waals surface area contributed by atoms with Gasteiger partial charge in [0.05, 0.1) is 16.8 Å². The molecule has 6 heteroatoms. The molecule has 0 spiro atoms. The molecule has 1 heterocycles. The highest BCUT2D eigenvalue weighted by Crippen LogP contribution is 2.24. The molecule has 16 heavy (non-hydrogen) atoms. The molecule has 1 aliphatic rings. The van der Waals surface area contributed by atoms with Crippen molar-refractivity contribution in [2.45, 2.75) is 0 Å². The Morgan fingerprint density at radius 2 is 1.81 bits per heavy atom. The Bertz CT molecular complexity index is 546. The second kappa shape index (κ2) is 3.27. The van der Waals surface area contributed by atoms with Gasteiger partial charge in [-0.05, 0) is 12.1 Å². The van der Waals surface area contributed by atoms with Crippen molar-refractivity contribution in [1.82, 2.24) is 0 Å². The maximum absolute atomic E-state index is 11.5. The quantitative estimate of drug-likeness (QED) is 0.652. The van der Waals surface area contributed by atoms with Crippen LogP contribution in [-0.4, -0.2) is 28.5 Å². The van der Waals surface area contributed by atoms with Crippen molar-refractivity contribution in [2.24, 2.45) is 0 Å². The van der Waals surface area contributed by atoms with Gasteiger partial charge in [-0.25, -0.2) is 4.79 Å². The lowest BCUT2D eigenvalue weighted by Gasteiger charge is -2.15. The predicted octanol–water partition coefficient (Wildman–Crippen LogP) is 0.0887. The molecule has 0 fully saturated rings. The minimum atomic E-state index is -1.32. The van der Waals surface area contributed by atoms with Crippen LogP contribution in [0.3, 0.4) is 0 Å². The Labute approximate surface area is 88.9 Å². The van der Waals surface area contributed by atoms with Gasteiger partial charge in [-0.15, -0.1) is 0 Å². The Balaban J connectivity index is 2.71. The molecule has 0 saturated heterocycles. The summed E-state index contributed by atoms with van der Waals surface area (Å²) in [5.41, 5.74) is -0.509. The van der Waals surface area contributed by atoms with Gasteiger partial charge in [-0.3, -0.25) is 14.4 Å². The van der Waals surface area contributed by atoms with Gasteiger partial charge in [0.15, 0.2) is 0 Å². The minimum absolute atomic E-state index is 0.0505. The minimum Gasteiger partial charge on any atom is -0.478 e. The van der Waals surface area contributed by atoms with E-state index >= 15 is 0 Å². The van der Waals surface area contributed by atoms with Crippen LogP contribution < -0.4 is 5.32 Å². The van der Waals surface area contributed by atoms with Crippen molar-refractivity contribution in [3.63, 3.8) is 0 Å². The van der Waals surface area contributed by atoms with E-state index in [1.54, 1.807) is 0 Å². The fourth-order valence-electron chi connectivity index (χ4n) is 1.48. The van der Waals surface area contributed by atoms with Crippen LogP contribution in [0.1, 0.15) is 20.7 Å². The lowest BCUT2D eigenvalue weighted by molar-refractivity contribution is -0.132. The van der Waals surface area contributed by atoms with E-state index in [0.717, 1.165) is 0 Å². The number of rotatable bonds is 1. The zero-order valence-corrected chi connectivity index (χ0v) is 7.81. The van der Waals surface area contributed by atoms with Crippen LogP contribution in [0.15, 0.2) is 18.2 Å². The Morgan fingerprint density at radius 1 is 1.12 bits per heavy atom. The molecule has 0 bridgehead atoms. The molecule has 1 aromatic rings.